The first-order valence-electron chi connectivity index (χ1n) is 10.5. The molecule has 5 heteroatoms. The quantitative estimate of drug-likeness (QED) is 0.505. The van der Waals surface area contributed by atoms with Gasteiger partial charge in [-0.15, -0.1) is 0 Å². The van der Waals surface area contributed by atoms with Crippen LogP contribution in [0.15, 0.2) is 42.5 Å². The molecule has 2 aromatic carbocycles. The normalized spacial score (nSPS) is 17.4. The molecule has 3 aromatic rings. The third kappa shape index (κ3) is 4.34. The zero-order valence-electron chi connectivity index (χ0n) is 17.2. The van der Waals surface area contributed by atoms with Gasteiger partial charge in [0.1, 0.15) is 0 Å². The van der Waals surface area contributed by atoms with E-state index in [1.165, 1.54) is 41.5 Å². The van der Waals surface area contributed by atoms with E-state index in [1.807, 2.05) is 18.2 Å². The van der Waals surface area contributed by atoms with Gasteiger partial charge >= 0.3 is 0 Å². The molecule has 154 valence electrons. The number of rotatable bonds is 7. The number of benzene rings is 2. The fraction of sp³-hybridized carbons (Fsp3) is 0.417. The van der Waals surface area contributed by atoms with Crippen molar-refractivity contribution in [3.05, 3.63) is 69.3 Å². The molecule has 0 saturated carbocycles. The monoisotopic (exact) mass is 429 g/mol. The SMILES string of the molecule is CCN1CCC[C@H]1CNCc1c(C)n(Cc2ccc(Cl)cc2Cl)c2ccccc12. The van der Waals surface area contributed by atoms with Crippen LogP contribution < -0.4 is 5.32 Å². The summed E-state index contributed by atoms with van der Waals surface area (Å²) in [4.78, 5) is 2.59. The molecule has 29 heavy (non-hydrogen) atoms. The van der Waals surface area contributed by atoms with Gasteiger partial charge in [0.25, 0.3) is 0 Å². The Balaban J connectivity index is 1.57. The van der Waals surface area contributed by atoms with Crippen LogP contribution in [-0.2, 0) is 13.1 Å². The van der Waals surface area contributed by atoms with Crippen LogP contribution in [0.3, 0.4) is 0 Å². The Morgan fingerprint density at radius 2 is 1.97 bits per heavy atom. The van der Waals surface area contributed by atoms with Gasteiger partial charge in [-0.1, -0.05) is 54.4 Å². The van der Waals surface area contributed by atoms with E-state index in [9.17, 15) is 0 Å². The number of nitrogens with zero attached hydrogens (tertiary/aromatic N) is 2. The number of likely N-dealkylation sites (tertiary alicyclic amines) is 1. The van der Waals surface area contributed by atoms with Crippen molar-refractivity contribution in [3.8, 4) is 0 Å². The van der Waals surface area contributed by atoms with E-state index in [0.29, 0.717) is 11.1 Å². The lowest BCUT2D eigenvalue weighted by atomic mass is 10.1. The molecule has 0 aliphatic carbocycles. The zero-order valence-corrected chi connectivity index (χ0v) is 18.7. The number of hydrogen-bond acceptors (Lipinski definition) is 2. The molecule has 1 fully saturated rings. The molecule has 4 rings (SSSR count). The maximum Gasteiger partial charge on any atom is 0.0493 e. The van der Waals surface area contributed by atoms with Gasteiger partial charge < -0.3 is 9.88 Å². The van der Waals surface area contributed by atoms with E-state index >= 15 is 0 Å². The third-order valence-electron chi connectivity index (χ3n) is 6.29. The first-order valence-corrected chi connectivity index (χ1v) is 11.3. The van der Waals surface area contributed by atoms with Crippen LogP contribution in [0, 0.1) is 6.92 Å². The second-order valence-corrected chi connectivity index (χ2v) is 8.80. The molecule has 1 saturated heterocycles. The predicted molar refractivity (Wildman–Crippen MR) is 124 cm³/mol. The molecule has 0 bridgehead atoms. The van der Waals surface area contributed by atoms with Crippen molar-refractivity contribution in [2.75, 3.05) is 19.6 Å². The molecule has 3 nitrogen and oxygen atoms in total. The van der Waals surface area contributed by atoms with E-state index in [0.717, 1.165) is 36.8 Å². The molecule has 1 N–H and O–H groups in total. The summed E-state index contributed by atoms with van der Waals surface area (Å²) in [7, 11) is 0. The number of para-hydroxylation sites is 1. The zero-order chi connectivity index (χ0) is 20.4. The van der Waals surface area contributed by atoms with Crippen LogP contribution in [-0.4, -0.2) is 35.1 Å². The molecule has 0 spiro atoms. The van der Waals surface area contributed by atoms with Gasteiger partial charge in [-0.3, -0.25) is 4.90 Å². The first-order chi connectivity index (χ1) is 14.1. The number of aromatic nitrogens is 1. The van der Waals surface area contributed by atoms with E-state index in [-0.39, 0.29) is 0 Å². The molecule has 0 unspecified atom stereocenters. The van der Waals surface area contributed by atoms with Crippen LogP contribution >= 0.6 is 23.2 Å². The second-order valence-electron chi connectivity index (χ2n) is 7.96. The molecule has 0 amide bonds. The Labute approximate surface area is 183 Å². The highest BCUT2D eigenvalue weighted by Crippen LogP contribution is 2.29. The van der Waals surface area contributed by atoms with Gasteiger partial charge in [-0.25, -0.2) is 0 Å². The van der Waals surface area contributed by atoms with E-state index in [1.54, 1.807) is 0 Å². The molecular formula is C24H29Cl2N3. The third-order valence-corrected chi connectivity index (χ3v) is 6.88. The highest BCUT2D eigenvalue weighted by atomic mass is 35.5. The number of halogens is 2. The smallest absolute Gasteiger partial charge is 0.0493 e. The largest absolute Gasteiger partial charge is 0.340 e. The minimum Gasteiger partial charge on any atom is -0.340 e. The van der Waals surface area contributed by atoms with Crippen molar-refractivity contribution >= 4 is 34.1 Å². The minimum absolute atomic E-state index is 0.668. The number of likely N-dealkylation sites (N-methyl/N-ethyl adjacent to an activating group) is 1. The first kappa shape index (κ1) is 20.7. The lowest BCUT2D eigenvalue weighted by Gasteiger charge is -2.23. The Kier molecular flexibility index (Phi) is 6.50. The van der Waals surface area contributed by atoms with Crippen molar-refractivity contribution in [1.29, 1.82) is 0 Å². The average Bonchev–Trinajstić information content (AvgIpc) is 3.27. The number of hydrogen-bond donors (Lipinski definition) is 1. The molecule has 1 aliphatic rings. The lowest BCUT2D eigenvalue weighted by molar-refractivity contribution is 0.260. The van der Waals surface area contributed by atoms with Gasteiger partial charge in [0.2, 0.25) is 0 Å². The summed E-state index contributed by atoms with van der Waals surface area (Å²) in [5, 5.41) is 6.45. The van der Waals surface area contributed by atoms with Gasteiger partial charge in [-0.2, -0.15) is 0 Å². The maximum atomic E-state index is 6.46. The fourth-order valence-corrected chi connectivity index (χ4v) is 5.12. The van der Waals surface area contributed by atoms with E-state index in [4.69, 9.17) is 23.2 Å². The summed E-state index contributed by atoms with van der Waals surface area (Å²) in [6.07, 6.45) is 2.62. The lowest BCUT2D eigenvalue weighted by Crippen LogP contribution is -2.37. The van der Waals surface area contributed by atoms with Crippen LogP contribution in [0.25, 0.3) is 10.9 Å². The molecule has 2 heterocycles. The topological polar surface area (TPSA) is 20.2 Å². The Morgan fingerprint density at radius 3 is 2.76 bits per heavy atom. The average molecular weight is 430 g/mol. The summed E-state index contributed by atoms with van der Waals surface area (Å²) >= 11 is 12.5. The van der Waals surface area contributed by atoms with Gasteiger partial charge in [0.05, 0.1) is 0 Å². The summed E-state index contributed by atoms with van der Waals surface area (Å²) < 4.78 is 2.37. The van der Waals surface area contributed by atoms with Gasteiger partial charge in [0.15, 0.2) is 0 Å². The van der Waals surface area contributed by atoms with Crippen molar-refractivity contribution < 1.29 is 0 Å². The van der Waals surface area contributed by atoms with Crippen LogP contribution in [0.4, 0.5) is 0 Å². The van der Waals surface area contributed by atoms with Crippen molar-refractivity contribution in [3.63, 3.8) is 0 Å². The summed E-state index contributed by atoms with van der Waals surface area (Å²) in [5.74, 6) is 0. The predicted octanol–water partition coefficient (Wildman–Crippen LogP) is 5.88. The highest BCUT2D eigenvalue weighted by Gasteiger charge is 2.22. The summed E-state index contributed by atoms with van der Waals surface area (Å²) in [6.45, 7) is 9.55. The van der Waals surface area contributed by atoms with Crippen LogP contribution in [0.5, 0.6) is 0 Å². The van der Waals surface area contributed by atoms with Crippen molar-refractivity contribution in [1.82, 2.24) is 14.8 Å². The Bertz CT molecular complexity index is 995. The molecule has 1 aromatic heterocycles. The Hall–Kier alpha value is -1.52. The molecule has 1 aliphatic heterocycles. The van der Waals surface area contributed by atoms with E-state index in [2.05, 4.69) is 52.9 Å². The second kappa shape index (κ2) is 9.09. The summed E-state index contributed by atoms with van der Waals surface area (Å²) in [6, 6.07) is 15.1. The van der Waals surface area contributed by atoms with Crippen LogP contribution in [0.2, 0.25) is 10.0 Å². The van der Waals surface area contributed by atoms with E-state index < -0.39 is 0 Å². The van der Waals surface area contributed by atoms with Crippen molar-refractivity contribution in [2.24, 2.45) is 0 Å². The maximum absolute atomic E-state index is 6.46. The minimum atomic E-state index is 0.668. The molecular weight excluding hydrogens is 401 g/mol. The fourth-order valence-electron chi connectivity index (χ4n) is 4.66. The molecule has 0 radical (unpaired) electrons. The number of nitrogens with one attached hydrogen (secondary N) is 1. The van der Waals surface area contributed by atoms with Gasteiger partial charge in [0, 0.05) is 52.3 Å². The molecule has 1 atom stereocenters. The highest BCUT2D eigenvalue weighted by molar-refractivity contribution is 6.35. The number of fused-ring (bicyclic) bond motifs is 1. The van der Waals surface area contributed by atoms with Gasteiger partial charge in [-0.05, 0) is 62.2 Å². The summed E-state index contributed by atoms with van der Waals surface area (Å²) in [5.41, 5.74) is 5.02. The van der Waals surface area contributed by atoms with Crippen LogP contribution in [0.1, 0.15) is 36.6 Å². The Morgan fingerprint density at radius 1 is 1.14 bits per heavy atom. The van der Waals surface area contributed by atoms with Crippen molar-refractivity contribution in [2.45, 2.75) is 45.8 Å². The standard InChI is InChI=1S/C24H29Cl2N3/c1-3-28-12-6-7-20(28)14-27-15-22-17(2)29(24-9-5-4-8-21(22)24)16-18-10-11-19(25)13-23(18)26/h4-5,8-11,13,20,27H,3,6-7,12,14-16H2,1-2H3/t20-/m0/s1.